The molecule has 45 heavy (non-hydrogen) atoms. The Balaban J connectivity index is 2.67. The Hall–Kier alpha value is -5.80. The highest BCUT2D eigenvalue weighted by Crippen LogP contribution is 2.42. The van der Waals surface area contributed by atoms with Crippen LogP contribution in [0.15, 0.2) is 70.9 Å². The second-order valence-corrected chi connectivity index (χ2v) is 9.13. The van der Waals surface area contributed by atoms with E-state index in [1.165, 1.54) is 13.8 Å². The van der Waals surface area contributed by atoms with Crippen LogP contribution in [0.1, 0.15) is 13.8 Å². The summed E-state index contributed by atoms with van der Waals surface area (Å²) in [6.07, 6.45) is 0. The second kappa shape index (κ2) is 16.7. The van der Waals surface area contributed by atoms with Gasteiger partial charge < -0.3 is 29.6 Å². The molecule has 2 aromatic carbocycles. The summed E-state index contributed by atoms with van der Waals surface area (Å²) in [6.45, 7) is 2.38. The lowest BCUT2D eigenvalue weighted by Gasteiger charge is -2.38. The zero-order valence-corrected chi connectivity index (χ0v) is 25.4. The fraction of sp³-hybridized carbons (Fsp3) is 0.310. The number of hydrazone groups is 2. The molecular weight excluding hydrogens is 592 g/mol. The summed E-state index contributed by atoms with van der Waals surface area (Å²) in [5, 5.41) is 12.8. The Kier molecular flexibility index (Phi) is 13.2. The van der Waals surface area contributed by atoms with Gasteiger partial charge in [0.25, 0.3) is 0 Å². The lowest BCUT2D eigenvalue weighted by Crippen LogP contribution is -2.61. The molecule has 0 saturated carbocycles. The molecule has 0 heterocycles. The lowest BCUT2D eigenvalue weighted by atomic mass is 9.63. The number of urea groups is 2. The fourth-order valence-electron chi connectivity index (χ4n) is 4.43. The van der Waals surface area contributed by atoms with Crippen molar-refractivity contribution >= 4 is 58.7 Å². The highest BCUT2D eigenvalue weighted by molar-refractivity contribution is 6.20. The van der Waals surface area contributed by atoms with E-state index in [0.717, 1.165) is 28.4 Å². The van der Waals surface area contributed by atoms with E-state index < -0.39 is 53.2 Å². The Morgan fingerprint density at radius 1 is 0.578 bits per heavy atom. The molecule has 0 radical (unpaired) electrons. The highest BCUT2D eigenvalue weighted by atomic mass is 16.6. The molecule has 0 aliphatic carbocycles. The van der Waals surface area contributed by atoms with Gasteiger partial charge in [0.15, 0.2) is 0 Å². The summed E-state index contributed by atoms with van der Waals surface area (Å²) in [7, 11) is 3.72. The van der Waals surface area contributed by atoms with E-state index in [0.29, 0.717) is 11.4 Å². The highest BCUT2D eigenvalue weighted by Gasteiger charge is 2.67. The number of hydrogen-bond donors (Lipinski definition) is 4. The van der Waals surface area contributed by atoms with E-state index in [1.54, 1.807) is 60.7 Å². The molecule has 2 unspecified atom stereocenters. The summed E-state index contributed by atoms with van der Waals surface area (Å²) < 4.78 is 19.7. The molecule has 0 bridgehead atoms. The number of hydrogen-bond acceptors (Lipinski definition) is 12. The molecular formula is C29H34N6O10. The minimum atomic E-state index is -2.93. The number of ether oxygens (including phenoxy) is 4. The van der Waals surface area contributed by atoms with E-state index in [9.17, 15) is 28.8 Å². The van der Waals surface area contributed by atoms with Gasteiger partial charge >= 0.3 is 35.9 Å². The number of carbonyl (C=O) groups is 6. The molecule has 0 saturated heterocycles. The van der Waals surface area contributed by atoms with Crippen molar-refractivity contribution < 1.29 is 47.7 Å². The van der Waals surface area contributed by atoms with Gasteiger partial charge in [-0.15, -0.1) is 0 Å². The molecule has 0 fully saturated rings. The lowest BCUT2D eigenvalue weighted by molar-refractivity contribution is -0.184. The molecule has 0 spiro atoms. The summed E-state index contributed by atoms with van der Waals surface area (Å²) in [5.74, 6) is -9.49. The number of methoxy groups -OCH3 is 4. The third-order valence-corrected chi connectivity index (χ3v) is 6.40. The van der Waals surface area contributed by atoms with Gasteiger partial charge in [-0.05, 0) is 38.1 Å². The van der Waals surface area contributed by atoms with Gasteiger partial charge in [0.2, 0.25) is 5.41 Å². The molecule has 2 aromatic rings. The topological polar surface area (TPSA) is 212 Å². The van der Waals surface area contributed by atoms with Gasteiger partial charge in [0, 0.05) is 11.4 Å². The average molecular weight is 627 g/mol. The fourth-order valence-corrected chi connectivity index (χ4v) is 4.43. The predicted octanol–water partition coefficient (Wildman–Crippen LogP) is 2.29. The van der Waals surface area contributed by atoms with E-state index in [1.807, 2.05) is 0 Å². The molecule has 0 aliphatic rings. The Labute approximate surface area is 258 Å². The van der Waals surface area contributed by atoms with Crippen molar-refractivity contribution in [2.75, 3.05) is 39.1 Å². The average Bonchev–Trinajstić information content (AvgIpc) is 3.05. The largest absolute Gasteiger partial charge is 0.468 e. The van der Waals surface area contributed by atoms with Crippen LogP contribution in [-0.2, 0) is 38.1 Å². The molecule has 16 heteroatoms. The van der Waals surface area contributed by atoms with E-state index in [-0.39, 0.29) is 11.4 Å². The van der Waals surface area contributed by atoms with Crippen molar-refractivity contribution in [3.63, 3.8) is 0 Å². The standard InChI is InChI=1S/C29H34N6O10/c1-17(32-34-27(40)30-19-13-9-7-10-14-19)21(23(36)42-3)29(25(38)44-5,26(39)45-6)22(24(37)43-4)18(2)33-35-28(41)31-20-15-11-8-12-16-20/h7-16,21-22H,1-6H3,(H2,30,34,40)(H2,31,35,41)/b32-17+,33-18+. The van der Waals surface area contributed by atoms with Crippen LogP contribution in [0.2, 0.25) is 0 Å². The number of nitrogens with zero attached hydrogens (tertiary/aromatic N) is 2. The monoisotopic (exact) mass is 626 g/mol. The van der Waals surface area contributed by atoms with Crippen molar-refractivity contribution in [2.24, 2.45) is 27.5 Å². The summed E-state index contributed by atoms with van der Waals surface area (Å²) in [6, 6.07) is 14.9. The zero-order valence-electron chi connectivity index (χ0n) is 25.4. The van der Waals surface area contributed by atoms with Gasteiger partial charge in [-0.3, -0.25) is 19.2 Å². The van der Waals surface area contributed by atoms with Gasteiger partial charge in [-0.2, -0.15) is 10.2 Å². The Morgan fingerprint density at radius 2 is 0.911 bits per heavy atom. The van der Waals surface area contributed by atoms with Crippen LogP contribution >= 0.6 is 0 Å². The van der Waals surface area contributed by atoms with Crippen molar-refractivity contribution in [3.8, 4) is 0 Å². The number of para-hydroxylation sites is 2. The summed E-state index contributed by atoms with van der Waals surface area (Å²) >= 11 is 0. The molecule has 240 valence electrons. The zero-order chi connectivity index (χ0) is 33.6. The molecule has 16 nitrogen and oxygen atoms in total. The predicted molar refractivity (Wildman–Crippen MR) is 161 cm³/mol. The van der Waals surface area contributed by atoms with Crippen LogP contribution in [0, 0.1) is 17.3 Å². The molecule has 0 aliphatic heterocycles. The first-order chi connectivity index (χ1) is 21.5. The first-order valence-corrected chi connectivity index (χ1v) is 13.1. The SMILES string of the molecule is COC(=O)C(/C(C)=N/NC(=O)Nc1ccccc1)C(C(=O)OC)(C(=O)OC)C(C(=O)OC)/C(C)=N/NC(=O)Nc1ccccc1. The third-order valence-electron chi connectivity index (χ3n) is 6.40. The van der Waals surface area contributed by atoms with Crippen LogP contribution in [-0.4, -0.2) is 75.8 Å². The maximum atomic E-state index is 13.7. The van der Waals surface area contributed by atoms with Crippen molar-refractivity contribution in [2.45, 2.75) is 13.8 Å². The number of esters is 4. The van der Waals surface area contributed by atoms with Crippen molar-refractivity contribution in [1.29, 1.82) is 0 Å². The van der Waals surface area contributed by atoms with E-state index >= 15 is 0 Å². The quantitative estimate of drug-likeness (QED) is 0.0887. The van der Waals surface area contributed by atoms with Crippen LogP contribution in [0.25, 0.3) is 0 Å². The summed E-state index contributed by atoms with van der Waals surface area (Å²) in [4.78, 5) is 79.1. The number of nitrogens with one attached hydrogen (secondary N) is 4. The molecule has 4 N–H and O–H groups in total. The minimum Gasteiger partial charge on any atom is -0.468 e. The Bertz CT molecular complexity index is 1340. The summed E-state index contributed by atoms with van der Waals surface area (Å²) in [5.41, 5.74) is 1.46. The van der Waals surface area contributed by atoms with Crippen LogP contribution in [0.3, 0.4) is 0 Å². The molecule has 4 amide bonds. The Morgan fingerprint density at radius 3 is 1.20 bits per heavy atom. The molecule has 0 aromatic heterocycles. The van der Waals surface area contributed by atoms with Gasteiger partial charge in [0.1, 0.15) is 11.8 Å². The number of anilines is 2. The maximum absolute atomic E-state index is 13.7. The van der Waals surface area contributed by atoms with Crippen LogP contribution < -0.4 is 21.5 Å². The number of amides is 4. The van der Waals surface area contributed by atoms with E-state index in [2.05, 4.69) is 31.7 Å². The maximum Gasteiger partial charge on any atom is 0.339 e. The molecule has 2 atom stereocenters. The van der Waals surface area contributed by atoms with Gasteiger partial charge in [-0.25, -0.2) is 20.4 Å². The minimum absolute atomic E-state index is 0.377. The van der Waals surface area contributed by atoms with Crippen LogP contribution in [0.4, 0.5) is 21.0 Å². The number of carbonyl (C=O) groups excluding carboxylic acids is 6. The van der Waals surface area contributed by atoms with Crippen molar-refractivity contribution in [1.82, 2.24) is 10.9 Å². The van der Waals surface area contributed by atoms with Gasteiger partial charge in [-0.1, -0.05) is 36.4 Å². The number of rotatable bonds is 12. The number of benzene rings is 2. The van der Waals surface area contributed by atoms with Crippen LogP contribution in [0.5, 0.6) is 0 Å². The third kappa shape index (κ3) is 8.62. The normalized spacial score (nSPS) is 12.8. The smallest absolute Gasteiger partial charge is 0.339 e. The van der Waals surface area contributed by atoms with Crippen molar-refractivity contribution in [3.05, 3.63) is 60.7 Å². The molecule has 2 rings (SSSR count). The second-order valence-electron chi connectivity index (χ2n) is 9.13. The van der Waals surface area contributed by atoms with E-state index in [4.69, 9.17) is 18.9 Å². The first-order valence-electron chi connectivity index (χ1n) is 13.1. The van der Waals surface area contributed by atoms with Gasteiger partial charge in [0.05, 0.1) is 39.9 Å². The first kappa shape index (κ1) is 35.4.